The normalized spacial score (nSPS) is 25.1. The van der Waals surface area contributed by atoms with E-state index in [0.717, 1.165) is 0 Å². The first-order valence-corrected chi connectivity index (χ1v) is 4.92. The Bertz CT molecular complexity index is 317. The largest absolute Gasteiger partial charge is 0.466 e. The van der Waals surface area contributed by atoms with Crippen LogP contribution in [0.15, 0.2) is 11.6 Å². The molecule has 0 aromatic rings. The fourth-order valence-electron chi connectivity index (χ4n) is 1.89. The molecule has 0 saturated carbocycles. The van der Waals surface area contributed by atoms with Gasteiger partial charge in [-0.15, -0.1) is 0 Å². The molecule has 84 valence electrons. The van der Waals surface area contributed by atoms with Crippen LogP contribution in [-0.4, -0.2) is 24.6 Å². The molecule has 0 spiro atoms. The Morgan fingerprint density at radius 2 is 2.20 bits per heavy atom. The molecule has 0 aromatic heterocycles. The number of carbonyl (C=O) groups excluding carboxylic acids is 2. The van der Waals surface area contributed by atoms with Crippen LogP contribution in [0.25, 0.3) is 0 Å². The van der Waals surface area contributed by atoms with Crippen molar-refractivity contribution in [3.8, 4) is 0 Å². The zero-order valence-corrected chi connectivity index (χ0v) is 9.49. The summed E-state index contributed by atoms with van der Waals surface area (Å²) in [6.07, 6.45) is 1.83. The van der Waals surface area contributed by atoms with Crippen LogP contribution in [0.3, 0.4) is 0 Å². The molecule has 1 rings (SSSR count). The number of esters is 2. The SMILES string of the molecule is COC(=O)C1=CC(=O)OC1(C)CC(C)C. The van der Waals surface area contributed by atoms with Gasteiger partial charge in [0, 0.05) is 6.08 Å². The number of carbonyl (C=O) groups is 2. The van der Waals surface area contributed by atoms with E-state index in [4.69, 9.17) is 4.74 Å². The molecule has 15 heavy (non-hydrogen) atoms. The number of methoxy groups -OCH3 is 1. The molecule has 0 radical (unpaired) electrons. The van der Waals surface area contributed by atoms with E-state index in [0.29, 0.717) is 17.9 Å². The summed E-state index contributed by atoms with van der Waals surface area (Å²) in [5.41, 5.74) is -0.526. The Balaban J connectivity index is 2.95. The molecular weight excluding hydrogens is 196 g/mol. The highest BCUT2D eigenvalue weighted by Crippen LogP contribution is 2.34. The van der Waals surface area contributed by atoms with Crippen molar-refractivity contribution in [2.45, 2.75) is 32.8 Å². The third-order valence-corrected chi connectivity index (χ3v) is 2.36. The second-order valence-corrected chi connectivity index (χ2v) is 4.30. The van der Waals surface area contributed by atoms with Crippen molar-refractivity contribution >= 4 is 11.9 Å². The van der Waals surface area contributed by atoms with Gasteiger partial charge in [0.05, 0.1) is 12.7 Å². The van der Waals surface area contributed by atoms with Gasteiger partial charge in [-0.3, -0.25) is 0 Å². The van der Waals surface area contributed by atoms with Crippen molar-refractivity contribution < 1.29 is 19.1 Å². The van der Waals surface area contributed by atoms with E-state index in [1.54, 1.807) is 6.92 Å². The monoisotopic (exact) mass is 212 g/mol. The summed E-state index contributed by atoms with van der Waals surface area (Å²) < 4.78 is 9.78. The Morgan fingerprint density at radius 1 is 1.60 bits per heavy atom. The van der Waals surface area contributed by atoms with Crippen LogP contribution in [0.4, 0.5) is 0 Å². The smallest absolute Gasteiger partial charge is 0.338 e. The average molecular weight is 212 g/mol. The summed E-state index contributed by atoms with van der Waals surface area (Å²) in [4.78, 5) is 22.6. The Hall–Kier alpha value is -1.32. The summed E-state index contributed by atoms with van der Waals surface area (Å²) in [5.74, 6) is -0.642. The Labute approximate surface area is 89.2 Å². The molecular formula is C11H16O4. The predicted octanol–water partition coefficient (Wildman–Crippen LogP) is 1.45. The standard InChI is InChI=1S/C11H16O4/c1-7(2)6-11(3)8(10(13)14-4)5-9(12)15-11/h5,7H,6H2,1-4H3. The lowest BCUT2D eigenvalue weighted by atomic mass is 9.88. The molecule has 0 fully saturated rings. The topological polar surface area (TPSA) is 52.6 Å². The first kappa shape index (κ1) is 11.8. The zero-order valence-electron chi connectivity index (χ0n) is 9.49. The second-order valence-electron chi connectivity index (χ2n) is 4.30. The van der Waals surface area contributed by atoms with Gasteiger partial charge in [-0.2, -0.15) is 0 Å². The summed E-state index contributed by atoms with van der Waals surface area (Å²) >= 11 is 0. The fourth-order valence-corrected chi connectivity index (χ4v) is 1.89. The summed E-state index contributed by atoms with van der Waals surface area (Å²) in [6.45, 7) is 5.75. The van der Waals surface area contributed by atoms with E-state index in [1.165, 1.54) is 13.2 Å². The van der Waals surface area contributed by atoms with Crippen LogP contribution in [0.5, 0.6) is 0 Å². The van der Waals surface area contributed by atoms with Gasteiger partial charge < -0.3 is 9.47 Å². The van der Waals surface area contributed by atoms with E-state index in [9.17, 15) is 9.59 Å². The van der Waals surface area contributed by atoms with Crippen molar-refractivity contribution in [3.63, 3.8) is 0 Å². The van der Waals surface area contributed by atoms with Crippen LogP contribution in [0.1, 0.15) is 27.2 Å². The lowest BCUT2D eigenvalue weighted by Crippen LogP contribution is -2.33. The minimum Gasteiger partial charge on any atom is -0.466 e. The van der Waals surface area contributed by atoms with Crippen molar-refractivity contribution in [1.82, 2.24) is 0 Å². The van der Waals surface area contributed by atoms with Gasteiger partial charge in [-0.1, -0.05) is 13.8 Å². The van der Waals surface area contributed by atoms with Crippen molar-refractivity contribution in [3.05, 3.63) is 11.6 Å². The molecule has 0 aromatic carbocycles. The van der Waals surface area contributed by atoms with Crippen molar-refractivity contribution in [2.24, 2.45) is 5.92 Å². The van der Waals surface area contributed by atoms with Crippen LogP contribution >= 0.6 is 0 Å². The van der Waals surface area contributed by atoms with Crippen molar-refractivity contribution in [1.29, 1.82) is 0 Å². The number of hydrogen-bond acceptors (Lipinski definition) is 4. The molecule has 0 aliphatic carbocycles. The van der Waals surface area contributed by atoms with Gasteiger partial charge in [0.15, 0.2) is 0 Å². The third kappa shape index (κ3) is 2.37. The molecule has 1 heterocycles. The highest BCUT2D eigenvalue weighted by molar-refractivity contribution is 6.01. The lowest BCUT2D eigenvalue weighted by Gasteiger charge is -2.27. The molecule has 0 saturated heterocycles. The van der Waals surface area contributed by atoms with E-state index >= 15 is 0 Å². The highest BCUT2D eigenvalue weighted by atomic mass is 16.6. The number of rotatable bonds is 3. The number of cyclic esters (lactones) is 1. The zero-order chi connectivity index (χ0) is 11.6. The van der Waals surface area contributed by atoms with Gasteiger partial charge in [0.2, 0.25) is 0 Å². The Kier molecular flexibility index (Phi) is 3.17. The minimum absolute atomic E-state index is 0.309. The molecule has 0 N–H and O–H groups in total. The van der Waals surface area contributed by atoms with E-state index in [1.807, 2.05) is 13.8 Å². The van der Waals surface area contributed by atoms with Gasteiger partial charge in [0.1, 0.15) is 5.60 Å². The first-order chi connectivity index (χ1) is 6.89. The van der Waals surface area contributed by atoms with Gasteiger partial charge in [0.25, 0.3) is 0 Å². The molecule has 0 bridgehead atoms. The number of ether oxygens (including phenoxy) is 2. The maximum atomic E-state index is 11.4. The minimum atomic E-state index is -0.835. The average Bonchev–Trinajstić information content (AvgIpc) is 2.38. The van der Waals surface area contributed by atoms with E-state index < -0.39 is 17.5 Å². The number of hydrogen-bond donors (Lipinski definition) is 0. The molecule has 1 unspecified atom stereocenters. The molecule has 4 nitrogen and oxygen atoms in total. The van der Waals surface area contributed by atoms with E-state index in [2.05, 4.69) is 4.74 Å². The quantitative estimate of drug-likeness (QED) is 0.664. The van der Waals surface area contributed by atoms with Crippen LogP contribution < -0.4 is 0 Å². The van der Waals surface area contributed by atoms with E-state index in [-0.39, 0.29) is 0 Å². The molecule has 1 atom stereocenters. The maximum absolute atomic E-state index is 11.4. The fraction of sp³-hybridized carbons (Fsp3) is 0.636. The van der Waals surface area contributed by atoms with Gasteiger partial charge in [-0.05, 0) is 19.3 Å². The van der Waals surface area contributed by atoms with Crippen LogP contribution in [0.2, 0.25) is 0 Å². The summed E-state index contributed by atoms with van der Waals surface area (Å²) in [6, 6.07) is 0. The van der Waals surface area contributed by atoms with Crippen LogP contribution in [0, 0.1) is 5.92 Å². The molecule has 1 aliphatic heterocycles. The lowest BCUT2D eigenvalue weighted by molar-refractivity contribution is -0.148. The van der Waals surface area contributed by atoms with Gasteiger partial charge in [-0.25, -0.2) is 9.59 Å². The molecule has 0 amide bonds. The summed E-state index contributed by atoms with van der Waals surface area (Å²) in [5, 5.41) is 0. The highest BCUT2D eigenvalue weighted by Gasteiger charge is 2.43. The predicted molar refractivity (Wildman–Crippen MR) is 54.1 cm³/mol. The second kappa shape index (κ2) is 4.04. The third-order valence-electron chi connectivity index (χ3n) is 2.36. The summed E-state index contributed by atoms with van der Waals surface area (Å²) in [7, 11) is 1.29. The molecule has 4 heteroatoms. The van der Waals surface area contributed by atoms with Crippen LogP contribution in [-0.2, 0) is 19.1 Å². The maximum Gasteiger partial charge on any atom is 0.338 e. The van der Waals surface area contributed by atoms with Crippen molar-refractivity contribution in [2.75, 3.05) is 7.11 Å². The van der Waals surface area contributed by atoms with Gasteiger partial charge >= 0.3 is 11.9 Å². The molecule has 1 aliphatic rings. The Morgan fingerprint density at radius 3 is 2.67 bits per heavy atom. The first-order valence-electron chi connectivity index (χ1n) is 4.92.